The quantitative estimate of drug-likeness (QED) is 0.666. The van der Waals surface area contributed by atoms with Crippen molar-refractivity contribution >= 4 is 11.3 Å². The number of thiophene rings is 1. The average Bonchev–Trinajstić information content (AvgIpc) is 2.75. The molecule has 0 fully saturated rings. The van der Waals surface area contributed by atoms with Crippen LogP contribution in [0.1, 0.15) is 25.1 Å². The Hall–Kier alpha value is -0.580. The fourth-order valence-electron chi connectivity index (χ4n) is 1.50. The molecule has 0 saturated carbocycles. The Bertz CT molecular complexity index is 299. The van der Waals surface area contributed by atoms with E-state index in [9.17, 15) is 0 Å². The molecule has 0 saturated heterocycles. The first-order valence-corrected chi connectivity index (χ1v) is 7.13. The molecule has 0 aromatic carbocycles. The molecule has 1 aromatic heterocycles. The highest BCUT2D eigenvalue weighted by Crippen LogP contribution is 2.20. The fraction of sp³-hybridized carbons (Fsp3) is 0.692. The summed E-state index contributed by atoms with van der Waals surface area (Å²) in [5.74, 6) is 1.70. The van der Waals surface area contributed by atoms with Crippen molar-refractivity contribution in [2.75, 3.05) is 26.7 Å². The Labute approximate surface area is 109 Å². The van der Waals surface area contributed by atoms with Gasteiger partial charge in [-0.05, 0) is 38.0 Å². The smallest absolute Gasteiger partial charge is 0.129 e. The second-order valence-electron chi connectivity index (χ2n) is 4.58. The monoisotopic (exact) mass is 256 g/mol. The second kappa shape index (κ2) is 8.50. The Balaban J connectivity index is 1.97. The lowest BCUT2D eigenvalue weighted by molar-refractivity contribution is 0.416. The predicted octanol–water partition coefficient (Wildman–Crippen LogP) is 2.48. The van der Waals surface area contributed by atoms with Gasteiger partial charge in [-0.1, -0.05) is 13.8 Å². The van der Waals surface area contributed by atoms with E-state index in [0.29, 0.717) is 0 Å². The van der Waals surface area contributed by atoms with Gasteiger partial charge in [-0.3, -0.25) is 0 Å². The van der Waals surface area contributed by atoms with Crippen molar-refractivity contribution in [1.82, 2.24) is 10.6 Å². The molecule has 1 heterocycles. The van der Waals surface area contributed by atoms with Crippen molar-refractivity contribution in [2.24, 2.45) is 5.92 Å². The van der Waals surface area contributed by atoms with Gasteiger partial charge in [0.2, 0.25) is 0 Å². The number of ether oxygens (including phenoxy) is 1. The van der Waals surface area contributed by atoms with Gasteiger partial charge in [0.05, 0.1) is 7.11 Å². The van der Waals surface area contributed by atoms with Crippen LogP contribution in [0.3, 0.4) is 0 Å². The lowest BCUT2D eigenvalue weighted by atomic mass is 10.2. The molecule has 1 rings (SSSR count). The van der Waals surface area contributed by atoms with Crippen LogP contribution in [0.5, 0.6) is 5.75 Å². The minimum atomic E-state index is 0.738. The third-order valence-electron chi connectivity index (χ3n) is 2.42. The van der Waals surface area contributed by atoms with E-state index in [1.165, 1.54) is 11.3 Å². The number of rotatable bonds is 9. The molecule has 0 atom stereocenters. The molecular weight excluding hydrogens is 232 g/mol. The van der Waals surface area contributed by atoms with Gasteiger partial charge < -0.3 is 15.4 Å². The Morgan fingerprint density at radius 3 is 2.71 bits per heavy atom. The molecule has 0 bridgehead atoms. The van der Waals surface area contributed by atoms with Crippen molar-refractivity contribution in [1.29, 1.82) is 0 Å². The van der Waals surface area contributed by atoms with Gasteiger partial charge in [0, 0.05) is 16.8 Å². The van der Waals surface area contributed by atoms with Crippen LogP contribution in [0.15, 0.2) is 11.4 Å². The summed E-state index contributed by atoms with van der Waals surface area (Å²) in [6.45, 7) is 8.68. The summed E-state index contributed by atoms with van der Waals surface area (Å²) < 4.78 is 5.15. The van der Waals surface area contributed by atoms with E-state index in [4.69, 9.17) is 4.74 Å². The standard InChI is InChI=1S/C13H24N2OS/c1-11(2)8-14-5-4-6-15-9-13-7-12(16-3)10-17-13/h7,10-11,14-15H,4-6,8-9H2,1-3H3. The summed E-state index contributed by atoms with van der Waals surface area (Å²) in [6.07, 6.45) is 1.18. The van der Waals surface area contributed by atoms with Gasteiger partial charge in [0.15, 0.2) is 0 Å². The number of methoxy groups -OCH3 is 1. The zero-order valence-corrected chi connectivity index (χ0v) is 11.9. The van der Waals surface area contributed by atoms with E-state index in [-0.39, 0.29) is 0 Å². The van der Waals surface area contributed by atoms with Crippen molar-refractivity contribution in [3.8, 4) is 5.75 Å². The van der Waals surface area contributed by atoms with Crippen LogP contribution in [0, 0.1) is 5.92 Å². The third-order valence-corrected chi connectivity index (χ3v) is 3.34. The highest BCUT2D eigenvalue weighted by molar-refractivity contribution is 7.10. The predicted molar refractivity (Wildman–Crippen MR) is 74.9 cm³/mol. The molecule has 4 heteroatoms. The molecule has 98 valence electrons. The number of hydrogen-bond acceptors (Lipinski definition) is 4. The van der Waals surface area contributed by atoms with E-state index in [0.717, 1.165) is 37.8 Å². The minimum absolute atomic E-state index is 0.738. The molecule has 0 aliphatic carbocycles. The average molecular weight is 256 g/mol. The summed E-state index contributed by atoms with van der Waals surface area (Å²) in [4.78, 5) is 1.33. The Morgan fingerprint density at radius 1 is 1.29 bits per heavy atom. The lowest BCUT2D eigenvalue weighted by Gasteiger charge is -2.07. The SMILES string of the molecule is COc1csc(CNCCCNCC(C)C)c1. The first-order chi connectivity index (χ1) is 8.22. The summed E-state index contributed by atoms with van der Waals surface area (Å²) in [6, 6.07) is 2.09. The molecule has 0 amide bonds. The maximum absolute atomic E-state index is 5.15. The molecule has 0 spiro atoms. The van der Waals surface area contributed by atoms with E-state index in [1.54, 1.807) is 18.4 Å². The topological polar surface area (TPSA) is 33.3 Å². The van der Waals surface area contributed by atoms with Gasteiger partial charge in [-0.25, -0.2) is 0 Å². The maximum atomic E-state index is 5.15. The van der Waals surface area contributed by atoms with Crippen LogP contribution in [-0.4, -0.2) is 26.7 Å². The van der Waals surface area contributed by atoms with Gasteiger partial charge in [0.1, 0.15) is 5.75 Å². The normalized spacial score (nSPS) is 11.1. The molecule has 0 aliphatic heterocycles. The van der Waals surface area contributed by atoms with Crippen molar-refractivity contribution in [3.63, 3.8) is 0 Å². The zero-order chi connectivity index (χ0) is 12.5. The summed E-state index contributed by atoms with van der Waals surface area (Å²) in [5.41, 5.74) is 0. The molecule has 0 unspecified atom stereocenters. The van der Waals surface area contributed by atoms with E-state index >= 15 is 0 Å². The fourth-order valence-corrected chi connectivity index (χ4v) is 2.30. The Kier molecular flexibility index (Phi) is 7.24. The van der Waals surface area contributed by atoms with Crippen molar-refractivity contribution in [2.45, 2.75) is 26.8 Å². The summed E-state index contributed by atoms with van der Waals surface area (Å²) in [5, 5.41) is 8.92. The van der Waals surface area contributed by atoms with E-state index in [1.807, 2.05) is 5.38 Å². The molecule has 0 aliphatic rings. The van der Waals surface area contributed by atoms with Crippen LogP contribution in [-0.2, 0) is 6.54 Å². The zero-order valence-electron chi connectivity index (χ0n) is 11.1. The molecule has 0 radical (unpaired) electrons. The van der Waals surface area contributed by atoms with Gasteiger partial charge in [-0.15, -0.1) is 11.3 Å². The van der Waals surface area contributed by atoms with Crippen LogP contribution < -0.4 is 15.4 Å². The van der Waals surface area contributed by atoms with Crippen LogP contribution >= 0.6 is 11.3 Å². The van der Waals surface area contributed by atoms with Crippen LogP contribution in [0.2, 0.25) is 0 Å². The van der Waals surface area contributed by atoms with E-state index in [2.05, 4.69) is 30.5 Å². The molecular formula is C13H24N2OS. The summed E-state index contributed by atoms with van der Waals surface area (Å²) in [7, 11) is 1.71. The second-order valence-corrected chi connectivity index (χ2v) is 5.58. The molecule has 17 heavy (non-hydrogen) atoms. The van der Waals surface area contributed by atoms with Gasteiger partial charge >= 0.3 is 0 Å². The highest BCUT2D eigenvalue weighted by atomic mass is 32.1. The maximum Gasteiger partial charge on any atom is 0.129 e. The molecule has 1 aromatic rings. The van der Waals surface area contributed by atoms with Crippen LogP contribution in [0.4, 0.5) is 0 Å². The van der Waals surface area contributed by atoms with Crippen LogP contribution in [0.25, 0.3) is 0 Å². The minimum Gasteiger partial charge on any atom is -0.496 e. The summed E-state index contributed by atoms with van der Waals surface area (Å²) >= 11 is 1.74. The number of nitrogens with one attached hydrogen (secondary N) is 2. The van der Waals surface area contributed by atoms with Crippen molar-refractivity contribution < 1.29 is 4.74 Å². The number of hydrogen-bond donors (Lipinski definition) is 2. The van der Waals surface area contributed by atoms with Crippen molar-refractivity contribution in [3.05, 3.63) is 16.3 Å². The first-order valence-electron chi connectivity index (χ1n) is 6.25. The lowest BCUT2D eigenvalue weighted by Crippen LogP contribution is -2.24. The first kappa shape index (κ1) is 14.5. The Morgan fingerprint density at radius 2 is 2.06 bits per heavy atom. The van der Waals surface area contributed by atoms with Gasteiger partial charge in [0.25, 0.3) is 0 Å². The largest absolute Gasteiger partial charge is 0.496 e. The molecule has 3 nitrogen and oxygen atoms in total. The molecule has 2 N–H and O–H groups in total. The van der Waals surface area contributed by atoms with Gasteiger partial charge in [-0.2, -0.15) is 0 Å². The highest BCUT2D eigenvalue weighted by Gasteiger charge is 1.98. The third kappa shape index (κ3) is 6.66. The van der Waals surface area contributed by atoms with E-state index < -0.39 is 0 Å².